The molecule has 0 spiro atoms. The Morgan fingerprint density at radius 3 is 2.71 bits per heavy atom. The van der Waals surface area contributed by atoms with Crippen LogP contribution in [0.25, 0.3) is 0 Å². The Morgan fingerprint density at radius 2 is 2.05 bits per heavy atom. The van der Waals surface area contributed by atoms with E-state index in [1.807, 2.05) is 12.1 Å². The Kier molecular flexibility index (Phi) is 3.79. The van der Waals surface area contributed by atoms with Crippen molar-refractivity contribution >= 4 is 23.0 Å². The number of hydrogen-bond donors (Lipinski definition) is 2. The van der Waals surface area contributed by atoms with Crippen molar-refractivity contribution in [2.75, 3.05) is 42.3 Å². The molecule has 0 saturated carbocycles. The monoisotopic (exact) mass is 287 g/mol. The van der Waals surface area contributed by atoms with E-state index in [1.165, 1.54) is 6.26 Å². The zero-order valence-electron chi connectivity index (χ0n) is 11.5. The first-order valence-electron chi connectivity index (χ1n) is 6.81. The second-order valence-electron chi connectivity index (χ2n) is 4.80. The maximum Gasteiger partial charge on any atom is 0.291 e. The average Bonchev–Trinajstić information content (AvgIpc) is 3.02. The second kappa shape index (κ2) is 5.88. The summed E-state index contributed by atoms with van der Waals surface area (Å²) in [5.74, 6) is -0.0238. The van der Waals surface area contributed by atoms with Gasteiger partial charge in [0.05, 0.1) is 30.9 Å². The fraction of sp³-hybridized carbons (Fsp3) is 0.267. The van der Waals surface area contributed by atoms with E-state index in [1.54, 1.807) is 18.2 Å². The van der Waals surface area contributed by atoms with E-state index in [0.717, 1.165) is 18.8 Å². The molecule has 110 valence electrons. The molecule has 2 aromatic rings. The molecular weight excluding hydrogens is 270 g/mol. The van der Waals surface area contributed by atoms with Crippen molar-refractivity contribution in [1.82, 2.24) is 0 Å². The van der Waals surface area contributed by atoms with Gasteiger partial charge >= 0.3 is 0 Å². The van der Waals surface area contributed by atoms with Crippen molar-refractivity contribution in [2.45, 2.75) is 0 Å². The van der Waals surface area contributed by atoms with Crippen LogP contribution in [0, 0.1) is 0 Å². The molecule has 0 unspecified atom stereocenters. The number of morpholine rings is 1. The van der Waals surface area contributed by atoms with Gasteiger partial charge in [-0.2, -0.15) is 0 Å². The summed E-state index contributed by atoms with van der Waals surface area (Å²) < 4.78 is 10.4. The highest BCUT2D eigenvalue weighted by atomic mass is 16.5. The number of ether oxygens (including phenoxy) is 1. The summed E-state index contributed by atoms with van der Waals surface area (Å²) in [6, 6.07) is 8.79. The molecule has 1 amide bonds. The molecule has 1 fully saturated rings. The summed E-state index contributed by atoms with van der Waals surface area (Å²) in [5, 5.41) is 2.76. The molecule has 1 aliphatic rings. The number of carbonyl (C=O) groups is 1. The standard InChI is InChI=1S/C15H17N3O3/c16-12-10-11(17-15(19)14-2-1-7-21-14)3-4-13(12)18-5-8-20-9-6-18/h1-4,7,10H,5-6,8-9,16H2,(H,17,19). The average molecular weight is 287 g/mol. The van der Waals surface area contributed by atoms with Crippen LogP contribution in [0.4, 0.5) is 17.1 Å². The maximum atomic E-state index is 11.9. The van der Waals surface area contributed by atoms with Gasteiger partial charge in [-0.25, -0.2) is 0 Å². The number of nitrogen functional groups attached to an aromatic ring is 1. The fourth-order valence-corrected chi connectivity index (χ4v) is 2.32. The van der Waals surface area contributed by atoms with Gasteiger partial charge in [0.1, 0.15) is 0 Å². The second-order valence-corrected chi connectivity index (χ2v) is 4.80. The Labute approximate surface area is 122 Å². The molecular formula is C15H17N3O3. The number of benzene rings is 1. The van der Waals surface area contributed by atoms with Crippen molar-refractivity contribution in [3.05, 3.63) is 42.4 Å². The third-order valence-corrected chi connectivity index (χ3v) is 3.38. The highest BCUT2D eigenvalue weighted by Gasteiger charge is 2.15. The van der Waals surface area contributed by atoms with Crippen LogP contribution >= 0.6 is 0 Å². The predicted octanol–water partition coefficient (Wildman–Crippen LogP) is 1.95. The van der Waals surface area contributed by atoms with Gasteiger partial charge in [-0.1, -0.05) is 0 Å². The van der Waals surface area contributed by atoms with Gasteiger partial charge in [-0.15, -0.1) is 0 Å². The number of anilines is 3. The van der Waals surface area contributed by atoms with Gasteiger partial charge in [0.15, 0.2) is 5.76 Å². The molecule has 1 aromatic heterocycles. The third kappa shape index (κ3) is 3.00. The van der Waals surface area contributed by atoms with E-state index in [9.17, 15) is 4.79 Å². The zero-order chi connectivity index (χ0) is 14.7. The smallest absolute Gasteiger partial charge is 0.291 e. The number of nitrogens with one attached hydrogen (secondary N) is 1. The molecule has 0 radical (unpaired) electrons. The van der Waals surface area contributed by atoms with E-state index in [-0.39, 0.29) is 11.7 Å². The molecule has 21 heavy (non-hydrogen) atoms. The topological polar surface area (TPSA) is 80.7 Å². The van der Waals surface area contributed by atoms with E-state index in [0.29, 0.717) is 24.6 Å². The third-order valence-electron chi connectivity index (χ3n) is 3.38. The fourth-order valence-electron chi connectivity index (χ4n) is 2.32. The minimum atomic E-state index is -0.293. The largest absolute Gasteiger partial charge is 0.459 e. The number of furan rings is 1. The molecule has 3 rings (SSSR count). The van der Waals surface area contributed by atoms with Crippen molar-refractivity contribution in [3.63, 3.8) is 0 Å². The summed E-state index contributed by atoms with van der Waals surface area (Å²) in [5.41, 5.74) is 8.33. The predicted molar refractivity (Wildman–Crippen MR) is 80.5 cm³/mol. The zero-order valence-corrected chi connectivity index (χ0v) is 11.5. The first kappa shape index (κ1) is 13.5. The Hall–Kier alpha value is -2.47. The van der Waals surface area contributed by atoms with E-state index in [4.69, 9.17) is 14.9 Å². The van der Waals surface area contributed by atoms with Gasteiger partial charge in [0, 0.05) is 18.8 Å². The maximum absolute atomic E-state index is 11.9. The molecule has 6 nitrogen and oxygen atoms in total. The van der Waals surface area contributed by atoms with Crippen LogP contribution in [0.15, 0.2) is 41.0 Å². The normalized spacial score (nSPS) is 15.0. The number of nitrogens with two attached hydrogens (primary N) is 1. The van der Waals surface area contributed by atoms with Gasteiger partial charge in [-0.05, 0) is 30.3 Å². The van der Waals surface area contributed by atoms with Crippen molar-refractivity contribution < 1.29 is 13.9 Å². The van der Waals surface area contributed by atoms with E-state index < -0.39 is 0 Å². The summed E-state index contributed by atoms with van der Waals surface area (Å²) in [6.45, 7) is 3.05. The van der Waals surface area contributed by atoms with Gasteiger partial charge < -0.3 is 25.1 Å². The van der Waals surface area contributed by atoms with Crippen LogP contribution in [0.3, 0.4) is 0 Å². The van der Waals surface area contributed by atoms with Crippen LogP contribution in [0.1, 0.15) is 10.6 Å². The summed E-state index contributed by atoms with van der Waals surface area (Å²) >= 11 is 0. The van der Waals surface area contributed by atoms with Gasteiger partial charge in [0.25, 0.3) is 5.91 Å². The van der Waals surface area contributed by atoms with Gasteiger partial charge in [-0.3, -0.25) is 4.79 Å². The van der Waals surface area contributed by atoms with Crippen LogP contribution in [0.2, 0.25) is 0 Å². The minimum absolute atomic E-state index is 0.269. The van der Waals surface area contributed by atoms with E-state index in [2.05, 4.69) is 10.2 Å². The Morgan fingerprint density at radius 1 is 1.24 bits per heavy atom. The Balaban J connectivity index is 1.73. The molecule has 1 saturated heterocycles. The van der Waals surface area contributed by atoms with E-state index >= 15 is 0 Å². The lowest BCUT2D eigenvalue weighted by Gasteiger charge is -2.30. The molecule has 6 heteroatoms. The highest BCUT2D eigenvalue weighted by Crippen LogP contribution is 2.27. The lowest BCUT2D eigenvalue weighted by atomic mass is 10.2. The molecule has 0 bridgehead atoms. The number of hydrogen-bond acceptors (Lipinski definition) is 5. The highest BCUT2D eigenvalue weighted by molar-refractivity contribution is 6.02. The number of amides is 1. The quantitative estimate of drug-likeness (QED) is 0.843. The van der Waals surface area contributed by atoms with Crippen molar-refractivity contribution in [3.8, 4) is 0 Å². The van der Waals surface area contributed by atoms with Crippen molar-refractivity contribution in [2.24, 2.45) is 0 Å². The molecule has 2 heterocycles. The first-order valence-corrected chi connectivity index (χ1v) is 6.81. The van der Waals surface area contributed by atoms with Crippen LogP contribution in [-0.4, -0.2) is 32.2 Å². The van der Waals surface area contributed by atoms with Crippen LogP contribution < -0.4 is 16.0 Å². The van der Waals surface area contributed by atoms with Crippen LogP contribution in [0.5, 0.6) is 0 Å². The van der Waals surface area contributed by atoms with Crippen LogP contribution in [-0.2, 0) is 4.74 Å². The lowest BCUT2D eigenvalue weighted by molar-refractivity contribution is 0.0996. The number of nitrogens with zero attached hydrogens (tertiary/aromatic N) is 1. The summed E-state index contributed by atoms with van der Waals surface area (Å²) in [4.78, 5) is 14.1. The first-order chi connectivity index (χ1) is 10.2. The van der Waals surface area contributed by atoms with Gasteiger partial charge in [0.2, 0.25) is 0 Å². The molecule has 1 aromatic carbocycles. The number of rotatable bonds is 3. The molecule has 1 aliphatic heterocycles. The molecule has 0 aliphatic carbocycles. The summed E-state index contributed by atoms with van der Waals surface area (Å²) in [7, 11) is 0. The SMILES string of the molecule is Nc1cc(NC(=O)c2ccco2)ccc1N1CCOCC1. The number of carbonyl (C=O) groups excluding carboxylic acids is 1. The Bertz CT molecular complexity index is 619. The molecule has 3 N–H and O–H groups in total. The summed E-state index contributed by atoms with van der Waals surface area (Å²) in [6.07, 6.45) is 1.46. The lowest BCUT2D eigenvalue weighted by Crippen LogP contribution is -2.36. The minimum Gasteiger partial charge on any atom is -0.459 e. The van der Waals surface area contributed by atoms with Crippen molar-refractivity contribution in [1.29, 1.82) is 0 Å². The molecule has 0 atom stereocenters.